The maximum atomic E-state index is 11.0. The summed E-state index contributed by atoms with van der Waals surface area (Å²) in [5, 5.41) is 7.44. The first-order chi connectivity index (χ1) is 12.5. The van der Waals surface area contributed by atoms with Gasteiger partial charge in [0.05, 0.1) is 24.0 Å². The molecular formula is C19H22ClN3O3. The Labute approximate surface area is 157 Å². The molecule has 1 aromatic heterocycles. The van der Waals surface area contributed by atoms with Crippen LogP contribution in [-0.4, -0.2) is 28.3 Å². The second kappa shape index (κ2) is 8.27. The lowest BCUT2D eigenvalue weighted by atomic mass is 10.3. The molecule has 138 valence electrons. The van der Waals surface area contributed by atoms with Gasteiger partial charge in [0.25, 0.3) is 0 Å². The van der Waals surface area contributed by atoms with E-state index >= 15 is 0 Å². The van der Waals surface area contributed by atoms with Crippen molar-refractivity contribution in [3.8, 4) is 17.2 Å². The third kappa shape index (κ3) is 5.52. The number of carbonyl (C=O) groups excluding carboxylic acids is 1. The number of nitrogens with zero attached hydrogens (tertiary/aromatic N) is 2. The smallest absolute Gasteiger partial charge is 0.217 e. The number of hydrogen-bond acceptors (Lipinski definition) is 4. The van der Waals surface area contributed by atoms with Crippen molar-refractivity contribution in [3.05, 3.63) is 41.7 Å². The zero-order valence-corrected chi connectivity index (χ0v) is 15.6. The molecule has 1 aromatic carbocycles. The van der Waals surface area contributed by atoms with E-state index in [-0.39, 0.29) is 11.9 Å². The summed E-state index contributed by atoms with van der Waals surface area (Å²) in [5.74, 6) is 2.47. The van der Waals surface area contributed by atoms with E-state index in [0.717, 1.165) is 12.4 Å². The first-order valence-electron chi connectivity index (χ1n) is 8.59. The maximum Gasteiger partial charge on any atom is 0.217 e. The van der Waals surface area contributed by atoms with Gasteiger partial charge in [-0.1, -0.05) is 11.6 Å². The van der Waals surface area contributed by atoms with Gasteiger partial charge in [-0.3, -0.25) is 4.79 Å². The van der Waals surface area contributed by atoms with E-state index in [9.17, 15) is 4.79 Å². The van der Waals surface area contributed by atoms with E-state index < -0.39 is 0 Å². The summed E-state index contributed by atoms with van der Waals surface area (Å²) in [6.07, 6.45) is 9.40. The number of benzene rings is 1. The molecule has 2 aromatic rings. The highest BCUT2D eigenvalue weighted by Crippen LogP contribution is 2.34. The van der Waals surface area contributed by atoms with Gasteiger partial charge in [0.1, 0.15) is 11.5 Å². The molecule has 1 N–H and O–H groups in total. The van der Waals surface area contributed by atoms with Crippen LogP contribution in [0.5, 0.6) is 17.2 Å². The molecule has 6 nitrogen and oxygen atoms in total. The van der Waals surface area contributed by atoms with Crippen molar-refractivity contribution in [2.24, 2.45) is 5.92 Å². The summed E-state index contributed by atoms with van der Waals surface area (Å²) in [6, 6.07) is 5.32. The number of rotatable bonds is 8. The standard InChI is InChI=1S/C19H22ClN3O3/c1-13(22-14(2)24)7-8-23-11-17(10-21-23)26-19-6-5-16(9-18(19)20)25-12-15-3-4-15/h5-11,13,15H,3-4,12H2,1-2H3,(H,22,24)/b8-7+/t13-/m0/s1. The Hall–Kier alpha value is -2.47. The van der Waals surface area contributed by atoms with Gasteiger partial charge in [0, 0.05) is 25.2 Å². The first-order valence-corrected chi connectivity index (χ1v) is 8.97. The van der Waals surface area contributed by atoms with Gasteiger partial charge < -0.3 is 14.8 Å². The predicted octanol–water partition coefficient (Wildman–Crippen LogP) is 4.11. The third-order valence-electron chi connectivity index (χ3n) is 3.85. The Kier molecular flexibility index (Phi) is 5.83. The van der Waals surface area contributed by atoms with Crippen molar-refractivity contribution in [3.63, 3.8) is 0 Å². The minimum absolute atomic E-state index is 0.0779. The van der Waals surface area contributed by atoms with Crippen molar-refractivity contribution in [1.82, 2.24) is 15.1 Å². The highest BCUT2D eigenvalue weighted by molar-refractivity contribution is 6.32. The number of halogens is 1. The molecule has 0 unspecified atom stereocenters. The molecule has 1 fully saturated rings. The molecule has 1 saturated carbocycles. The third-order valence-corrected chi connectivity index (χ3v) is 4.15. The van der Waals surface area contributed by atoms with Gasteiger partial charge in [-0.15, -0.1) is 0 Å². The minimum atomic E-state index is -0.0845. The summed E-state index contributed by atoms with van der Waals surface area (Å²) in [4.78, 5) is 11.0. The largest absolute Gasteiger partial charge is 0.493 e. The van der Waals surface area contributed by atoms with Crippen LogP contribution in [0, 0.1) is 5.92 Å². The number of hydrogen-bond donors (Lipinski definition) is 1. The molecule has 7 heteroatoms. The number of ether oxygens (including phenoxy) is 2. The lowest BCUT2D eigenvalue weighted by Crippen LogP contribution is -2.28. The van der Waals surface area contributed by atoms with Crippen LogP contribution in [0.4, 0.5) is 0 Å². The van der Waals surface area contributed by atoms with Crippen LogP contribution in [0.2, 0.25) is 5.02 Å². The Bertz CT molecular complexity index is 799. The van der Waals surface area contributed by atoms with Crippen molar-refractivity contribution in [1.29, 1.82) is 0 Å². The zero-order valence-electron chi connectivity index (χ0n) is 14.8. The summed E-state index contributed by atoms with van der Waals surface area (Å²) in [7, 11) is 0. The van der Waals surface area contributed by atoms with Crippen LogP contribution >= 0.6 is 11.6 Å². The fraction of sp³-hybridized carbons (Fsp3) is 0.368. The van der Waals surface area contributed by atoms with Gasteiger partial charge >= 0.3 is 0 Å². The summed E-state index contributed by atoms with van der Waals surface area (Å²) < 4.78 is 13.1. The molecule has 0 bridgehead atoms. The number of aromatic nitrogens is 2. The highest BCUT2D eigenvalue weighted by Gasteiger charge is 2.22. The van der Waals surface area contributed by atoms with Crippen LogP contribution in [0.3, 0.4) is 0 Å². The second-order valence-corrected chi connectivity index (χ2v) is 6.84. The monoisotopic (exact) mass is 375 g/mol. The molecule has 1 aliphatic rings. The molecule has 1 amide bonds. The van der Waals surface area contributed by atoms with Gasteiger partial charge in [0.2, 0.25) is 5.91 Å². The van der Waals surface area contributed by atoms with E-state index in [1.165, 1.54) is 19.8 Å². The average Bonchev–Trinajstić information content (AvgIpc) is 3.31. The molecule has 0 radical (unpaired) electrons. The van der Waals surface area contributed by atoms with Gasteiger partial charge in [-0.05, 0) is 43.9 Å². The maximum absolute atomic E-state index is 11.0. The number of carbonyl (C=O) groups is 1. The van der Waals surface area contributed by atoms with Crippen LogP contribution in [0.25, 0.3) is 6.20 Å². The van der Waals surface area contributed by atoms with E-state index in [4.69, 9.17) is 21.1 Å². The summed E-state index contributed by atoms with van der Waals surface area (Å²) >= 11 is 6.28. The molecular weight excluding hydrogens is 354 g/mol. The lowest BCUT2D eigenvalue weighted by Gasteiger charge is -2.09. The molecule has 0 spiro atoms. The SMILES string of the molecule is CC(=O)N[C@@H](C)/C=C/n1cc(Oc2ccc(OCC3CC3)cc2Cl)cn1. The topological polar surface area (TPSA) is 65.4 Å². The normalized spacial score (nSPS) is 15.0. The Morgan fingerprint density at radius 2 is 2.27 bits per heavy atom. The van der Waals surface area contributed by atoms with E-state index in [0.29, 0.717) is 22.4 Å². The Balaban J connectivity index is 1.57. The van der Waals surface area contributed by atoms with Crippen LogP contribution < -0.4 is 14.8 Å². The van der Waals surface area contributed by atoms with Gasteiger partial charge in [0.15, 0.2) is 5.75 Å². The van der Waals surface area contributed by atoms with E-state index in [1.807, 2.05) is 19.1 Å². The lowest BCUT2D eigenvalue weighted by molar-refractivity contribution is -0.119. The minimum Gasteiger partial charge on any atom is -0.493 e. The molecule has 0 aliphatic heterocycles. The zero-order chi connectivity index (χ0) is 18.5. The molecule has 26 heavy (non-hydrogen) atoms. The van der Waals surface area contributed by atoms with Gasteiger partial charge in [-0.25, -0.2) is 4.68 Å². The molecule has 1 heterocycles. The summed E-state index contributed by atoms with van der Waals surface area (Å²) in [6.45, 7) is 4.11. The van der Waals surface area contributed by atoms with E-state index in [2.05, 4.69) is 10.4 Å². The Morgan fingerprint density at radius 3 is 2.96 bits per heavy atom. The predicted molar refractivity (Wildman–Crippen MR) is 101 cm³/mol. The molecule has 1 aliphatic carbocycles. The Morgan fingerprint density at radius 1 is 1.46 bits per heavy atom. The molecule has 0 saturated heterocycles. The molecule has 3 rings (SSSR count). The van der Waals surface area contributed by atoms with Crippen molar-refractivity contribution in [2.45, 2.75) is 32.7 Å². The second-order valence-electron chi connectivity index (χ2n) is 6.44. The number of nitrogens with one attached hydrogen (secondary N) is 1. The fourth-order valence-corrected chi connectivity index (χ4v) is 2.53. The van der Waals surface area contributed by atoms with Crippen LogP contribution in [0.1, 0.15) is 26.7 Å². The van der Waals surface area contributed by atoms with Crippen LogP contribution in [0.15, 0.2) is 36.7 Å². The fourth-order valence-electron chi connectivity index (χ4n) is 2.32. The quantitative estimate of drug-likeness (QED) is 0.754. The van der Waals surface area contributed by atoms with Crippen molar-refractivity contribution < 1.29 is 14.3 Å². The van der Waals surface area contributed by atoms with Crippen molar-refractivity contribution in [2.75, 3.05) is 6.61 Å². The number of amides is 1. The first kappa shape index (κ1) is 18.3. The average molecular weight is 376 g/mol. The van der Waals surface area contributed by atoms with Gasteiger partial charge in [-0.2, -0.15) is 5.10 Å². The van der Waals surface area contributed by atoms with Crippen molar-refractivity contribution >= 4 is 23.7 Å². The van der Waals surface area contributed by atoms with E-state index in [1.54, 1.807) is 35.4 Å². The van der Waals surface area contributed by atoms with Crippen LogP contribution in [-0.2, 0) is 4.79 Å². The molecule has 1 atom stereocenters. The summed E-state index contributed by atoms with van der Waals surface area (Å²) in [5.41, 5.74) is 0. The highest BCUT2D eigenvalue weighted by atomic mass is 35.5.